The van der Waals surface area contributed by atoms with Gasteiger partial charge in [-0.2, -0.15) is 10.5 Å². The summed E-state index contributed by atoms with van der Waals surface area (Å²) in [6.07, 6.45) is 0. The molecule has 0 fully saturated rings. The first-order chi connectivity index (χ1) is 24.8. The third-order valence-electron chi connectivity index (χ3n) is 8.73. The highest BCUT2D eigenvalue weighted by molar-refractivity contribution is 6.21. The number of hydrogen-bond donors (Lipinski definition) is 0. The number of para-hydroxylation sites is 1. The van der Waals surface area contributed by atoms with E-state index >= 15 is 0 Å². The summed E-state index contributed by atoms with van der Waals surface area (Å²) in [5.41, 5.74) is 5.06. The molecule has 0 radical (unpaired) electrons. The predicted octanol–water partition coefficient (Wildman–Crippen LogP) is 10.4. The van der Waals surface area contributed by atoms with E-state index in [4.69, 9.17) is 15.0 Å². The highest BCUT2D eigenvalue weighted by atomic mass is 19.2. The van der Waals surface area contributed by atoms with E-state index in [0.29, 0.717) is 61.3 Å². The van der Waals surface area contributed by atoms with Crippen LogP contribution in [0.2, 0.25) is 0 Å². The summed E-state index contributed by atoms with van der Waals surface area (Å²) in [6.45, 7) is 0. The first-order valence-electron chi connectivity index (χ1n) is 15.4. The van der Waals surface area contributed by atoms with Crippen molar-refractivity contribution in [1.29, 1.82) is 10.5 Å². The topological polar surface area (TPSA) is 86.2 Å². The van der Waals surface area contributed by atoms with Crippen molar-refractivity contribution in [2.45, 2.75) is 0 Å². The van der Waals surface area contributed by atoms with E-state index in [1.165, 1.54) is 24.3 Å². The number of benzene rings is 6. The summed E-state index contributed by atoms with van der Waals surface area (Å²) in [4.78, 5) is 15.2. The first kappa shape index (κ1) is 31.2. The Balaban J connectivity index is 1.38. The van der Waals surface area contributed by atoms with Crippen LogP contribution >= 0.6 is 0 Å². The fraction of sp³-hybridized carbons (Fsp3) is 0. The van der Waals surface area contributed by atoms with Gasteiger partial charge in [0.1, 0.15) is 0 Å². The van der Waals surface area contributed by atoms with Crippen LogP contribution in [-0.2, 0) is 0 Å². The molecule has 0 atom stereocenters. The number of aromatic nitrogens is 3. The van der Waals surface area contributed by atoms with Gasteiger partial charge in [0.25, 0.3) is 0 Å². The highest BCUT2D eigenvalue weighted by Crippen LogP contribution is 2.40. The molecule has 0 aliphatic rings. The van der Waals surface area contributed by atoms with Gasteiger partial charge in [-0.05, 0) is 48.0 Å². The third-order valence-corrected chi connectivity index (χ3v) is 8.73. The summed E-state index contributed by atoms with van der Waals surface area (Å²) >= 11 is 0. The van der Waals surface area contributed by atoms with Gasteiger partial charge in [0.05, 0.1) is 62.5 Å². The maximum absolute atomic E-state index is 14.6. The summed E-state index contributed by atoms with van der Waals surface area (Å²) in [5, 5.41) is 20.9. The van der Waals surface area contributed by atoms with Crippen molar-refractivity contribution >= 4 is 32.7 Å². The zero-order valence-corrected chi connectivity index (χ0v) is 26.0. The monoisotopic (exact) mass is 675 g/mol. The molecule has 0 N–H and O–H groups in total. The molecule has 0 unspecified atom stereocenters. The van der Waals surface area contributed by atoms with Crippen molar-refractivity contribution < 1.29 is 22.0 Å². The van der Waals surface area contributed by atoms with Crippen LogP contribution < -0.4 is 0 Å². The van der Waals surface area contributed by atoms with Gasteiger partial charge in [-0.3, -0.25) is 0 Å². The van der Waals surface area contributed by atoms with Crippen LogP contribution in [0.15, 0.2) is 109 Å². The Morgan fingerprint density at radius 1 is 0.412 bits per heavy atom. The molecule has 0 aliphatic carbocycles. The van der Waals surface area contributed by atoms with Gasteiger partial charge < -0.3 is 0 Å². The number of fused-ring (bicyclic) bond motifs is 5. The van der Waals surface area contributed by atoms with Gasteiger partial charge in [-0.25, -0.2) is 36.9 Å². The van der Waals surface area contributed by atoms with Crippen molar-refractivity contribution in [3.05, 3.63) is 149 Å². The lowest BCUT2D eigenvalue weighted by atomic mass is 9.96. The van der Waals surface area contributed by atoms with Gasteiger partial charge in [0, 0.05) is 32.8 Å². The fourth-order valence-electron chi connectivity index (χ4n) is 6.24. The molecule has 0 saturated heterocycles. The number of nitriles is 2. The predicted molar refractivity (Wildman–Crippen MR) is 183 cm³/mol. The van der Waals surface area contributed by atoms with Crippen LogP contribution in [0.1, 0.15) is 11.1 Å². The molecule has 2 aromatic heterocycles. The van der Waals surface area contributed by atoms with Crippen LogP contribution in [0.4, 0.5) is 22.0 Å². The van der Waals surface area contributed by atoms with Crippen molar-refractivity contribution in [2.24, 2.45) is 0 Å². The standard InChI is InChI=1S/C41H18F5N5/c42-33-31(34(43)36(45)37(46)35(33)44)23-13-15-24(16-14-23)38-28-17-18-30-41(32(28)27-3-1-2-4-29(27)49-38)51-40(26-11-7-22(20-48)8-12-26)39(50-30)25-9-5-21(19-47)6-10-25/h1-18H. The summed E-state index contributed by atoms with van der Waals surface area (Å²) < 4.78 is 71.0. The van der Waals surface area contributed by atoms with Crippen molar-refractivity contribution in [1.82, 2.24) is 15.0 Å². The van der Waals surface area contributed by atoms with Crippen molar-refractivity contribution in [2.75, 3.05) is 0 Å². The zero-order valence-electron chi connectivity index (χ0n) is 26.0. The Hall–Kier alpha value is -7.04. The molecule has 242 valence electrons. The molecule has 10 heteroatoms. The summed E-state index contributed by atoms with van der Waals surface area (Å²) in [7, 11) is 0. The first-order valence-corrected chi connectivity index (χ1v) is 15.4. The van der Waals surface area contributed by atoms with Crippen LogP contribution in [0.5, 0.6) is 0 Å². The van der Waals surface area contributed by atoms with Gasteiger partial charge in [0.15, 0.2) is 23.3 Å². The Bertz CT molecular complexity index is 2780. The van der Waals surface area contributed by atoms with E-state index in [2.05, 4.69) is 12.1 Å². The summed E-state index contributed by atoms with van der Waals surface area (Å²) in [6, 6.07) is 34.9. The van der Waals surface area contributed by atoms with Crippen LogP contribution in [0.25, 0.3) is 77.6 Å². The summed E-state index contributed by atoms with van der Waals surface area (Å²) in [5.74, 6) is -10.1. The van der Waals surface area contributed by atoms with Crippen LogP contribution in [-0.4, -0.2) is 15.0 Å². The number of pyridine rings is 1. The van der Waals surface area contributed by atoms with E-state index < -0.39 is 34.6 Å². The van der Waals surface area contributed by atoms with E-state index in [-0.39, 0.29) is 5.56 Å². The molecule has 0 aliphatic heterocycles. The lowest BCUT2D eigenvalue weighted by Crippen LogP contribution is -2.04. The molecule has 8 aromatic rings. The molecule has 5 nitrogen and oxygen atoms in total. The van der Waals surface area contributed by atoms with Gasteiger partial charge in [-0.15, -0.1) is 0 Å². The molecule has 0 bridgehead atoms. The molecule has 0 saturated carbocycles. The fourth-order valence-corrected chi connectivity index (χ4v) is 6.24. The lowest BCUT2D eigenvalue weighted by molar-refractivity contribution is 0.381. The average molecular weight is 676 g/mol. The van der Waals surface area contributed by atoms with E-state index in [1.54, 1.807) is 48.5 Å². The van der Waals surface area contributed by atoms with Crippen molar-refractivity contribution in [3.63, 3.8) is 0 Å². The van der Waals surface area contributed by atoms with Crippen molar-refractivity contribution in [3.8, 4) is 57.0 Å². The second-order valence-electron chi connectivity index (χ2n) is 11.7. The van der Waals surface area contributed by atoms with E-state index in [9.17, 15) is 32.5 Å². The Kier molecular flexibility index (Phi) is 7.43. The van der Waals surface area contributed by atoms with E-state index in [1.807, 2.05) is 36.4 Å². The SMILES string of the molecule is N#Cc1ccc(-c2nc3ccc4c(-c5ccc(-c6c(F)c(F)c(F)c(F)c6F)cc5)nc5ccccc5c4c3nc2-c2ccc(C#N)cc2)cc1. The maximum Gasteiger partial charge on any atom is 0.200 e. The normalized spacial score (nSPS) is 11.2. The average Bonchev–Trinajstić information content (AvgIpc) is 3.18. The zero-order chi connectivity index (χ0) is 35.4. The third kappa shape index (κ3) is 5.09. The Morgan fingerprint density at radius 2 is 0.882 bits per heavy atom. The number of nitrogens with zero attached hydrogens (tertiary/aromatic N) is 5. The highest BCUT2D eigenvalue weighted by Gasteiger charge is 2.27. The maximum atomic E-state index is 14.6. The minimum absolute atomic E-state index is 0.199. The lowest BCUT2D eigenvalue weighted by Gasteiger charge is -2.15. The van der Waals surface area contributed by atoms with Gasteiger partial charge in [-0.1, -0.05) is 66.7 Å². The second-order valence-corrected chi connectivity index (χ2v) is 11.7. The molecular weight excluding hydrogens is 657 g/mol. The number of hydrogen-bond acceptors (Lipinski definition) is 5. The molecule has 51 heavy (non-hydrogen) atoms. The van der Waals surface area contributed by atoms with Gasteiger partial charge in [0.2, 0.25) is 5.82 Å². The minimum Gasteiger partial charge on any atom is -0.247 e. The number of halogens is 5. The van der Waals surface area contributed by atoms with Crippen LogP contribution in [0, 0.1) is 51.7 Å². The molecule has 6 aromatic carbocycles. The Morgan fingerprint density at radius 3 is 1.47 bits per heavy atom. The molecule has 0 spiro atoms. The number of rotatable bonds is 4. The molecule has 2 heterocycles. The quantitative estimate of drug-likeness (QED) is 0.0802. The van der Waals surface area contributed by atoms with Crippen LogP contribution in [0.3, 0.4) is 0 Å². The minimum atomic E-state index is -2.22. The molecule has 0 amide bonds. The van der Waals surface area contributed by atoms with E-state index in [0.717, 1.165) is 16.3 Å². The largest absolute Gasteiger partial charge is 0.247 e. The molecule has 8 rings (SSSR count). The smallest absolute Gasteiger partial charge is 0.200 e. The van der Waals surface area contributed by atoms with Gasteiger partial charge >= 0.3 is 0 Å². The second kappa shape index (κ2) is 12.1. The molecular formula is C41H18F5N5. The Labute approximate surface area is 286 Å².